The third-order valence-corrected chi connectivity index (χ3v) is 4.50. The molecule has 0 bridgehead atoms. The van der Waals surface area contributed by atoms with Crippen molar-refractivity contribution in [3.05, 3.63) is 35.6 Å². The fourth-order valence-corrected chi connectivity index (χ4v) is 3.34. The largest absolute Gasteiger partial charge is 0.298 e. The molecule has 2 nitrogen and oxygen atoms in total. The van der Waals surface area contributed by atoms with Gasteiger partial charge in [0.1, 0.15) is 5.82 Å². The second-order valence-electron chi connectivity index (χ2n) is 5.56. The van der Waals surface area contributed by atoms with Gasteiger partial charge in [-0.3, -0.25) is 9.80 Å². The SMILES string of the molecule is CC(c1cccc(F)c1)N1CCN2CCCC2C1. The summed E-state index contributed by atoms with van der Waals surface area (Å²) in [5.41, 5.74) is 1.10. The maximum Gasteiger partial charge on any atom is 0.123 e. The highest BCUT2D eigenvalue weighted by Crippen LogP contribution is 2.28. The van der Waals surface area contributed by atoms with Gasteiger partial charge in [0, 0.05) is 31.7 Å². The molecule has 3 heteroatoms. The van der Waals surface area contributed by atoms with Crippen molar-refractivity contribution in [1.29, 1.82) is 0 Å². The van der Waals surface area contributed by atoms with E-state index in [1.807, 2.05) is 12.1 Å². The minimum Gasteiger partial charge on any atom is -0.298 e. The number of nitrogens with zero attached hydrogens (tertiary/aromatic N) is 2. The molecule has 1 aromatic rings. The highest BCUT2D eigenvalue weighted by molar-refractivity contribution is 5.20. The van der Waals surface area contributed by atoms with E-state index in [-0.39, 0.29) is 5.82 Å². The summed E-state index contributed by atoms with van der Waals surface area (Å²) in [6, 6.07) is 8.09. The summed E-state index contributed by atoms with van der Waals surface area (Å²) in [5, 5.41) is 0. The van der Waals surface area contributed by atoms with E-state index in [0.29, 0.717) is 6.04 Å². The molecule has 2 aliphatic rings. The Balaban J connectivity index is 1.71. The van der Waals surface area contributed by atoms with Crippen molar-refractivity contribution in [1.82, 2.24) is 9.80 Å². The second-order valence-corrected chi connectivity index (χ2v) is 5.56. The van der Waals surface area contributed by atoms with Crippen LogP contribution in [-0.2, 0) is 0 Å². The van der Waals surface area contributed by atoms with Gasteiger partial charge in [-0.2, -0.15) is 0 Å². The Hall–Kier alpha value is -0.930. The van der Waals surface area contributed by atoms with Crippen LogP contribution in [0, 0.1) is 5.82 Å². The van der Waals surface area contributed by atoms with E-state index >= 15 is 0 Å². The fraction of sp³-hybridized carbons (Fsp3) is 0.600. The number of fused-ring (bicyclic) bond motifs is 1. The first-order chi connectivity index (χ1) is 8.74. The maximum absolute atomic E-state index is 13.3. The van der Waals surface area contributed by atoms with Crippen molar-refractivity contribution in [3.63, 3.8) is 0 Å². The third kappa shape index (κ3) is 2.29. The zero-order chi connectivity index (χ0) is 12.5. The molecule has 2 heterocycles. The van der Waals surface area contributed by atoms with Crippen LogP contribution in [0.15, 0.2) is 24.3 Å². The fourth-order valence-electron chi connectivity index (χ4n) is 3.34. The molecule has 0 aliphatic carbocycles. The number of piperazine rings is 1. The Bertz CT molecular complexity index is 421. The molecule has 0 spiro atoms. The number of hydrogen-bond acceptors (Lipinski definition) is 2. The lowest BCUT2D eigenvalue weighted by Gasteiger charge is -2.40. The van der Waals surface area contributed by atoms with Crippen LogP contribution in [0.1, 0.15) is 31.4 Å². The van der Waals surface area contributed by atoms with E-state index in [0.717, 1.165) is 24.7 Å². The third-order valence-electron chi connectivity index (χ3n) is 4.50. The molecule has 0 amide bonds. The Morgan fingerprint density at radius 1 is 1.28 bits per heavy atom. The number of hydrogen-bond donors (Lipinski definition) is 0. The molecule has 0 saturated carbocycles. The van der Waals surface area contributed by atoms with Gasteiger partial charge in [0.05, 0.1) is 0 Å². The number of benzene rings is 1. The highest BCUT2D eigenvalue weighted by Gasteiger charge is 2.32. The summed E-state index contributed by atoms with van der Waals surface area (Å²) >= 11 is 0. The zero-order valence-electron chi connectivity index (χ0n) is 11.0. The van der Waals surface area contributed by atoms with Gasteiger partial charge in [0.2, 0.25) is 0 Å². The van der Waals surface area contributed by atoms with Crippen molar-refractivity contribution in [3.8, 4) is 0 Å². The van der Waals surface area contributed by atoms with Crippen LogP contribution in [0.3, 0.4) is 0 Å². The van der Waals surface area contributed by atoms with E-state index in [1.165, 1.54) is 32.0 Å². The molecule has 18 heavy (non-hydrogen) atoms. The first-order valence-corrected chi connectivity index (χ1v) is 6.97. The van der Waals surface area contributed by atoms with Gasteiger partial charge in [0.15, 0.2) is 0 Å². The molecule has 2 aliphatic heterocycles. The summed E-state index contributed by atoms with van der Waals surface area (Å²) in [6.45, 7) is 6.88. The monoisotopic (exact) mass is 248 g/mol. The predicted molar refractivity (Wildman–Crippen MR) is 71.0 cm³/mol. The molecule has 1 aromatic carbocycles. The molecular weight excluding hydrogens is 227 g/mol. The van der Waals surface area contributed by atoms with Crippen LogP contribution >= 0.6 is 0 Å². The van der Waals surface area contributed by atoms with Gasteiger partial charge >= 0.3 is 0 Å². The molecule has 0 N–H and O–H groups in total. The lowest BCUT2D eigenvalue weighted by Crippen LogP contribution is -2.50. The summed E-state index contributed by atoms with van der Waals surface area (Å²) in [7, 11) is 0. The Morgan fingerprint density at radius 2 is 2.17 bits per heavy atom. The van der Waals surface area contributed by atoms with Crippen molar-refractivity contribution in [2.45, 2.75) is 31.8 Å². The molecular formula is C15H21FN2. The molecule has 3 rings (SSSR count). The van der Waals surface area contributed by atoms with Crippen LogP contribution in [0.4, 0.5) is 4.39 Å². The molecule has 2 atom stereocenters. The number of halogens is 1. The molecule has 98 valence electrons. The summed E-state index contributed by atoms with van der Waals surface area (Å²) in [5.74, 6) is -0.126. The minimum atomic E-state index is -0.126. The van der Waals surface area contributed by atoms with E-state index in [2.05, 4.69) is 16.7 Å². The van der Waals surface area contributed by atoms with Gasteiger partial charge in [-0.25, -0.2) is 4.39 Å². The van der Waals surface area contributed by atoms with Gasteiger partial charge in [-0.05, 0) is 44.0 Å². The number of rotatable bonds is 2. The second kappa shape index (κ2) is 4.98. The standard InChI is InChI=1S/C15H21FN2/c1-12(13-4-2-5-14(16)10-13)18-9-8-17-7-3-6-15(17)11-18/h2,4-5,10,12,15H,3,6-9,11H2,1H3. The average molecular weight is 248 g/mol. The van der Waals surface area contributed by atoms with E-state index in [9.17, 15) is 4.39 Å². The van der Waals surface area contributed by atoms with Crippen molar-refractivity contribution in [2.75, 3.05) is 26.2 Å². The Morgan fingerprint density at radius 3 is 3.00 bits per heavy atom. The molecule has 2 unspecified atom stereocenters. The molecule has 0 aromatic heterocycles. The van der Waals surface area contributed by atoms with Gasteiger partial charge in [-0.15, -0.1) is 0 Å². The predicted octanol–water partition coefficient (Wildman–Crippen LogP) is 2.67. The molecule has 2 saturated heterocycles. The van der Waals surface area contributed by atoms with Gasteiger partial charge in [0.25, 0.3) is 0 Å². The summed E-state index contributed by atoms with van der Waals surface area (Å²) in [4.78, 5) is 5.11. The first kappa shape index (κ1) is 12.1. The smallest absolute Gasteiger partial charge is 0.123 e. The topological polar surface area (TPSA) is 6.48 Å². The first-order valence-electron chi connectivity index (χ1n) is 6.97. The van der Waals surface area contributed by atoms with Crippen LogP contribution < -0.4 is 0 Å². The van der Waals surface area contributed by atoms with Crippen LogP contribution in [0.5, 0.6) is 0 Å². The minimum absolute atomic E-state index is 0.126. The average Bonchev–Trinajstić information content (AvgIpc) is 2.85. The van der Waals surface area contributed by atoms with Crippen molar-refractivity contribution in [2.24, 2.45) is 0 Å². The Kier molecular flexibility index (Phi) is 3.35. The van der Waals surface area contributed by atoms with Crippen LogP contribution in [0.2, 0.25) is 0 Å². The highest BCUT2D eigenvalue weighted by atomic mass is 19.1. The Labute approximate surface area is 108 Å². The normalized spacial score (nSPS) is 27.1. The van der Waals surface area contributed by atoms with Crippen molar-refractivity contribution >= 4 is 0 Å². The van der Waals surface area contributed by atoms with E-state index in [1.54, 1.807) is 6.07 Å². The summed E-state index contributed by atoms with van der Waals surface area (Å²) in [6.07, 6.45) is 2.67. The summed E-state index contributed by atoms with van der Waals surface area (Å²) < 4.78 is 13.3. The lowest BCUT2D eigenvalue weighted by molar-refractivity contribution is 0.0769. The molecule has 0 radical (unpaired) electrons. The quantitative estimate of drug-likeness (QED) is 0.794. The lowest BCUT2D eigenvalue weighted by atomic mass is 10.0. The van der Waals surface area contributed by atoms with E-state index in [4.69, 9.17) is 0 Å². The zero-order valence-corrected chi connectivity index (χ0v) is 11.0. The maximum atomic E-state index is 13.3. The van der Waals surface area contributed by atoms with Crippen LogP contribution in [0.25, 0.3) is 0 Å². The van der Waals surface area contributed by atoms with E-state index < -0.39 is 0 Å². The van der Waals surface area contributed by atoms with Crippen LogP contribution in [-0.4, -0.2) is 42.0 Å². The van der Waals surface area contributed by atoms with Gasteiger partial charge in [-0.1, -0.05) is 12.1 Å². The molecule has 2 fully saturated rings. The van der Waals surface area contributed by atoms with Gasteiger partial charge < -0.3 is 0 Å². The van der Waals surface area contributed by atoms with Crippen molar-refractivity contribution < 1.29 is 4.39 Å².